The highest BCUT2D eigenvalue weighted by molar-refractivity contribution is 9.10. The summed E-state index contributed by atoms with van der Waals surface area (Å²) < 4.78 is 49.1. The Morgan fingerprint density at radius 2 is 0.821 bits per heavy atom. The highest BCUT2D eigenvalue weighted by Crippen LogP contribution is 2.43. The Morgan fingerprint density at radius 1 is 0.482 bits per heavy atom. The fourth-order valence-electron chi connectivity index (χ4n) is 8.17. The molecule has 7 aliphatic rings. The number of nitrogens with zero attached hydrogens (tertiary/aromatic N) is 2. The Kier molecular flexibility index (Phi) is 11.7. The molecule has 9 rings (SSSR count). The molecule has 7 aliphatic heterocycles. The van der Waals surface area contributed by atoms with Crippen LogP contribution in [-0.4, -0.2) is 105 Å². The van der Waals surface area contributed by atoms with E-state index < -0.39 is 14.0 Å². The minimum absolute atomic E-state index is 0.294. The van der Waals surface area contributed by atoms with E-state index in [1.807, 2.05) is 55.4 Å². The van der Waals surface area contributed by atoms with E-state index in [9.17, 15) is 0 Å². The van der Waals surface area contributed by atoms with Gasteiger partial charge in [-0.15, -0.1) is 0 Å². The fraction of sp³-hybridized carbons (Fsp3) is 0.714. The molecule has 4 bridgehead atoms. The van der Waals surface area contributed by atoms with E-state index >= 15 is 0 Å². The first-order chi connectivity index (χ1) is 26.0. The molecule has 56 heavy (non-hydrogen) atoms. The van der Waals surface area contributed by atoms with Crippen LogP contribution in [0.25, 0.3) is 0 Å². The van der Waals surface area contributed by atoms with Gasteiger partial charge in [-0.2, -0.15) is 0 Å². The average Bonchev–Trinajstić information content (AvgIpc) is 3.82. The third kappa shape index (κ3) is 8.80. The van der Waals surface area contributed by atoms with Crippen LogP contribution in [-0.2, 0) is 37.4 Å². The molecule has 0 spiro atoms. The molecule has 7 heterocycles. The van der Waals surface area contributed by atoms with Gasteiger partial charge < -0.3 is 47.2 Å². The summed E-state index contributed by atoms with van der Waals surface area (Å²) in [6, 6.07) is 17.1. The molecule has 7 saturated heterocycles. The molecule has 0 saturated carbocycles. The number of morpholine rings is 2. The molecular weight excluding hydrogens is 773 g/mol. The summed E-state index contributed by atoms with van der Waals surface area (Å²) in [4.78, 5) is 4.89. The molecule has 14 heteroatoms. The first-order valence-corrected chi connectivity index (χ1v) is 21.6. The highest BCUT2D eigenvalue weighted by atomic mass is 79.9. The molecule has 0 aromatic heterocycles. The number of ether oxygens (including phenoxy) is 2. The lowest BCUT2D eigenvalue weighted by atomic mass is 9.49. The van der Waals surface area contributed by atoms with Crippen molar-refractivity contribution in [2.45, 2.75) is 167 Å². The third-order valence-corrected chi connectivity index (χ3v) is 14.3. The molecule has 2 aromatic rings. The van der Waals surface area contributed by atoms with Gasteiger partial charge in [0.2, 0.25) is 0 Å². The van der Waals surface area contributed by atoms with Gasteiger partial charge in [0, 0.05) is 42.0 Å². The van der Waals surface area contributed by atoms with Crippen LogP contribution >= 0.6 is 15.9 Å². The smallest absolute Gasteiger partial charge is 0.405 e. The van der Waals surface area contributed by atoms with Gasteiger partial charge in [-0.05, 0) is 145 Å². The lowest BCUT2D eigenvalue weighted by Gasteiger charge is -2.34. The van der Waals surface area contributed by atoms with Crippen LogP contribution < -0.4 is 15.3 Å². The van der Waals surface area contributed by atoms with Gasteiger partial charge in [-0.3, -0.25) is 0 Å². The second kappa shape index (κ2) is 15.5. The number of anilines is 2. The lowest BCUT2D eigenvalue weighted by Crippen LogP contribution is -2.43. The number of benzene rings is 2. The normalized spacial score (nSPS) is 31.2. The first kappa shape index (κ1) is 42.5. The Morgan fingerprint density at radius 3 is 1.20 bits per heavy atom. The number of fused-ring (bicyclic) bond motifs is 4. The number of hydrogen-bond acceptors (Lipinski definition) is 10. The summed E-state index contributed by atoms with van der Waals surface area (Å²) in [7, 11) is -1.25. The van der Waals surface area contributed by atoms with Gasteiger partial charge in [-0.25, -0.2) is 0 Å². The SMILES string of the molecule is Brc1cccc(N2CC3CCC(C2)O3)c1.CC1(C)OB(B2OC(C)(C)C(C)(C)O2)OC1(C)C.CC1(C)OB(c2cccc(N3CC4CCC(C3)O4)c2)OC1(C)C. The number of halogens is 1. The Hall–Kier alpha value is -1.61. The Bertz CT molecular complexity index is 1610. The van der Waals surface area contributed by atoms with Crippen molar-refractivity contribution in [2.75, 3.05) is 36.0 Å². The molecule has 0 radical (unpaired) electrons. The summed E-state index contributed by atoms with van der Waals surface area (Å²) in [5.41, 5.74) is 1.62. The van der Waals surface area contributed by atoms with Crippen molar-refractivity contribution >= 4 is 53.9 Å². The summed E-state index contributed by atoms with van der Waals surface area (Å²) in [5.74, 6) is 0. The van der Waals surface area contributed by atoms with Gasteiger partial charge in [0.15, 0.2) is 0 Å². The van der Waals surface area contributed by atoms with Crippen molar-refractivity contribution in [2.24, 2.45) is 0 Å². The lowest BCUT2D eigenvalue weighted by molar-refractivity contribution is 0.00578. The van der Waals surface area contributed by atoms with E-state index in [1.165, 1.54) is 37.1 Å². The van der Waals surface area contributed by atoms with Crippen molar-refractivity contribution < 1.29 is 37.4 Å². The maximum atomic E-state index is 6.18. The Balaban J connectivity index is 0.000000132. The molecule has 2 aromatic carbocycles. The summed E-state index contributed by atoms with van der Waals surface area (Å²) >= 11 is 3.52. The summed E-state index contributed by atoms with van der Waals surface area (Å²) in [6.07, 6.45) is 6.56. The van der Waals surface area contributed by atoms with Gasteiger partial charge in [0.1, 0.15) is 0 Å². The van der Waals surface area contributed by atoms with Gasteiger partial charge >= 0.3 is 21.1 Å². The predicted molar refractivity (Wildman–Crippen MR) is 229 cm³/mol. The average molecular weight is 837 g/mol. The zero-order valence-electron chi connectivity index (χ0n) is 35.9. The summed E-state index contributed by atoms with van der Waals surface area (Å²) in [5, 5.41) is 0. The standard InChI is InChI=1S/C18H26BNO3.C12H24B2O4.C12H14BrNO/c1-17(2)18(3,4)23-19(22-17)13-6-5-7-14(10-13)20-11-15-8-9-16(12-20)21-15;1-9(2)10(3,4)16-13(15-9)14-17-11(5,6)12(7,8)18-14;13-9-2-1-3-10(6-9)14-7-11-4-5-12(8-14)15-11/h5-7,10,15-16H,8-9,11-12H2,1-4H3;1-8H3;1-3,6,11-12H,4-5,7-8H2. The van der Waals surface area contributed by atoms with E-state index in [0.717, 1.165) is 36.1 Å². The second-order valence-electron chi connectivity index (χ2n) is 19.6. The Labute approximate surface area is 345 Å². The zero-order valence-corrected chi connectivity index (χ0v) is 37.4. The molecule has 0 aliphatic carbocycles. The van der Waals surface area contributed by atoms with Crippen LogP contribution in [0.4, 0.5) is 11.4 Å². The van der Waals surface area contributed by atoms with Gasteiger partial charge in [-0.1, -0.05) is 34.1 Å². The van der Waals surface area contributed by atoms with Gasteiger partial charge in [0.05, 0.1) is 58.0 Å². The van der Waals surface area contributed by atoms with Crippen LogP contribution in [0.15, 0.2) is 53.0 Å². The molecule has 4 atom stereocenters. The van der Waals surface area contributed by atoms with Crippen molar-refractivity contribution in [3.63, 3.8) is 0 Å². The maximum absolute atomic E-state index is 6.18. The van der Waals surface area contributed by atoms with Crippen LogP contribution in [0.1, 0.15) is 109 Å². The fourth-order valence-corrected chi connectivity index (χ4v) is 8.56. The molecule has 10 nitrogen and oxygen atoms in total. The van der Waals surface area contributed by atoms with Gasteiger partial charge in [0.25, 0.3) is 0 Å². The van der Waals surface area contributed by atoms with Crippen LogP contribution in [0, 0.1) is 0 Å². The quantitative estimate of drug-likeness (QED) is 0.291. The minimum Gasteiger partial charge on any atom is -0.405 e. The third-order valence-electron chi connectivity index (χ3n) is 13.8. The predicted octanol–water partition coefficient (Wildman–Crippen LogP) is 7.42. The second-order valence-corrected chi connectivity index (χ2v) is 20.6. The molecule has 306 valence electrons. The molecule has 0 N–H and O–H groups in total. The van der Waals surface area contributed by atoms with Crippen molar-refractivity contribution in [3.05, 3.63) is 53.0 Å². The minimum atomic E-state index is -0.476. The van der Waals surface area contributed by atoms with E-state index in [-0.39, 0.29) is 40.7 Å². The zero-order chi connectivity index (χ0) is 40.5. The number of rotatable bonds is 4. The van der Waals surface area contributed by atoms with Crippen molar-refractivity contribution in [3.8, 4) is 0 Å². The van der Waals surface area contributed by atoms with Crippen molar-refractivity contribution in [1.82, 2.24) is 0 Å². The van der Waals surface area contributed by atoms with E-state index in [0.29, 0.717) is 24.4 Å². The van der Waals surface area contributed by atoms with Crippen LogP contribution in [0.2, 0.25) is 0 Å². The molecule has 4 unspecified atom stereocenters. The van der Waals surface area contributed by atoms with E-state index in [4.69, 9.17) is 37.4 Å². The van der Waals surface area contributed by atoms with Crippen LogP contribution in [0.5, 0.6) is 0 Å². The summed E-state index contributed by atoms with van der Waals surface area (Å²) in [6.45, 7) is 28.7. The van der Waals surface area contributed by atoms with Crippen LogP contribution in [0.3, 0.4) is 0 Å². The molecular formula is C42H64B3BrN2O8. The van der Waals surface area contributed by atoms with Crippen molar-refractivity contribution in [1.29, 1.82) is 0 Å². The topological polar surface area (TPSA) is 80.3 Å². The monoisotopic (exact) mass is 836 g/mol. The van der Waals surface area contributed by atoms with E-state index in [2.05, 4.69) is 102 Å². The maximum Gasteiger partial charge on any atom is 0.494 e. The number of hydrogen-bond donors (Lipinski definition) is 0. The largest absolute Gasteiger partial charge is 0.494 e. The molecule has 0 amide bonds. The first-order valence-electron chi connectivity index (χ1n) is 20.8. The highest BCUT2D eigenvalue weighted by Gasteiger charge is 2.63. The molecule has 7 fully saturated rings. The van der Waals surface area contributed by atoms with E-state index in [1.54, 1.807) is 0 Å².